The molecule has 0 spiro atoms. The summed E-state index contributed by atoms with van der Waals surface area (Å²) < 4.78 is 15.3. The van der Waals surface area contributed by atoms with E-state index in [1.807, 2.05) is 0 Å². The molecule has 122 valence electrons. The van der Waals surface area contributed by atoms with E-state index >= 15 is 0 Å². The Hall–Kier alpha value is -2.54. The molecule has 0 saturated heterocycles. The van der Waals surface area contributed by atoms with Crippen molar-refractivity contribution in [1.29, 1.82) is 0 Å². The molecular weight excluding hydrogens is 327 g/mol. The summed E-state index contributed by atoms with van der Waals surface area (Å²) >= 11 is 0. The van der Waals surface area contributed by atoms with Crippen molar-refractivity contribution in [2.75, 3.05) is 0 Å². The predicted octanol–water partition coefficient (Wildman–Crippen LogP) is 1.70. The molecule has 2 aromatic carbocycles. The zero-order chi connectivity index (χ0) is 17.2. The normalized spacial score (nSPS) is 11.2. The van der Waals surface area contributed by atoms with Gasteiger partial charge in [0.05, 0.1) is 0 Å². The van der Waals surface area contributed by atoms with E-state index in [2.05, 4.69) is 4.52 Å². The number of phosphoric acid groups is 1. The summed E-state index contributed by atoms with van der Waals surface area (Å²) in [5.41, 5.74) is 0.0432. The third-order valence-corrected chi connectivity index (χ3v) is 3.30. The second kappa shape index (κ2) is 6.29. The summed E-state index contributed by atoms with van der Waals surface area (Å²) in [4.78, 5) is 30.0. The zero-order valence-electron chi connectivity index (χ0n) is 11.6. The Labute approximate surface area is 130 Å². The number of carbonyl (C=O) groups is 1. The molecule has 0 aliphatic rings. The van der Waals surface area contributed by atoms with Crippen LogP contribution in [0.1, 0.15) is 15.9 Å². The number of aromatic hydroxyl groups is 3. The van der Waals surface area contributed by atoms with Gasteiger partial charge in [0.25, 0.3) is 0 Å². The Morgan fingerprint density at radius 2 is 1.61 bits per heavy atom. The van der Waals surface area contributed by atoms with Gasteiger partial charge >= 0.3 is 7.82 Å². The van der Waals surface area contributed by atoms with Gasteiger partial charge in [-0.15, -0.1) is 0 Å². The van der Waals surface area contributed by atoms with Crippen LogP contribution in [-0.4, -0.2) is 30.9 Å². The molecule has 9 heteroatoms. The van der Waals surface area contributed by atoms with Crippen LogP contribution in [-0.2, 0) is 11.0 Å². The van der Waals surface area contributed by atoms with E-state index in [1.165, 1.54) is 24.3 Å². The first kappa shape index (κ1) is 16.8. The van der Waals surface area contributed by atoms with E-state index in [0.29, 0.717) is 5.56 Å². The highest BCUT2D eigenvalue weighted by molar-refractivity contribution is 7.46. The topological polar surface area (TPSA) is 145 Å². The number of phenolic OH excluding ortho intramolecular Hbond substituents is 3. The highest BCUT2D eigenvalue weighted by atomic mass is 31.2. The van der Waals surface area contributed by atoms with E-state index in [4.69, 9.17) is 9.79 Å². The fourth-order valence-electron chi connectivity index (χ4n) is 1.95. The summed E-state index contributed by atoms with van der Waals surface area (Å²) in [5, 5.41) is 28.4. The fourth-order valence-corrected chi connectivity index (χ4v) is 2.35. The number of ketones is 1. The second-order valence-electron chi connectivity index (χ2n) is 4.69. The monoisotopic (exact) mass is 340 g/mol. The largest absolute Gasteiger partial charge is 0.524 e. The van der Waals surface area contributed by atoms with Crippen LogP contribution in [0.3, 0.4) is 0 Å². The molecule has 0 aliphatic carbocycles. The Balaban J connectivity index is 2.38. The average Bonchev–Trinajstić information content (AvgIpc) is 2.38. The number of Topliss-reactive ketones (excluding diaryl/α,β-unsaturated/α-hetero) is 1. The van der Waals surface area contributed by atoms with Gasteiger partial charge in [0.1, 0.15) is 28.6 Å². The number of phosphoric ester groups is 1. The SMILES string of the molecule is O=C(Cc1ccc(O)cc1)c1c(O)cc(O)cc1OP(=O)(O)O. The van der Waals surface area contributed by atoms with Crippen LogP contribution in [0.2, 0.25) is 0 Å². The molecule has 8 nitrogen and oxygen atoms in total. The molecule has 5 N–H and O–H groups in total. The third kappa shape index (κ3) is 4.46. The maximum absolute atomic E-state index is 12.3. The van der Waals surface area contributed by atoms with Crippen LogP contribution in [0.15, 0.2) is 36.4 Å². The lowest BCUT2D eigenvalue weighted by molar-refractivity contribution is 0.0988. The summed E-state index contributed by atoms with van der Waals surface area (Å²) in [7, 11) is -4.99. The Morgan fingerprint density at radius 1 is 1.00 bits per heavy atom. The van der Waals surface area contributed by atoms with E-state index in [1.54, 1.807) is 0 Å². The molecule has 2 rings (SSSR count). The van der Waals surface area contributed by atoms with Crippen molar-refractivity contribution in [3.8, 4) is 23.0 Å². The van der Waals surface area contributed by atoms with Gasteiger partial charge in [-0.05, 0) is 17.7 Å². The van der Waals surface area contributed by atoms with Crippen LogP contribution in [0.5, 0.6) is 23.0 Å². The minimum Gasteiger partial charge on any atom is -0.508 e. The number of benzene rings is 2. The van der Waals surface area contributed by atoms with Crippen molar-refractivity contribution in [2.24, 2.45) is 0 Å². The Kier molecular flexibility index (Phi) is 4.60. The lowest BCUT2D eigenvalue weighted by atomic mass is 10.0. The maximum Gasteiger partial charge on any atom is 0.524 e. The molecule has 0 bridgehead atoms. The van der Waals surface area contributed by atoms with Crippen LogP contribution >= 0.6 is 7.82 Å². The van der Waals surface area contributed by atoms with Crippen molar-refractivity contribution < 1.29 is 39.0 Å². The van der Waals surface area contributed by atoms with Gasteiger partial charge in [-0.2, -0.15) is 0 Å². The molecule has 0 saturated carbocycles. The van der Waals surface area contributed by atoms with Crippen molar-refractivity contribution in [3.63, 3.8) is 0 Å². The molecule has 0 radical (unpaired) electrons. The zero-order valence-corrected chi connectivity index (χ0v) is 12.5. The minimum absolute atomic E-state index is 0.0131. The molecule has 0 heterocycles. The molecule has 0 atom stereocenters. The van der Waals surface area contributed by atoms with Crippen molar-refractivity contribution in [2.45, 2.75) is 6.42 Å². The van der Waals surface area contributed by atoms with Crippen LogP contribution < -0.4 is 4.52 Å². The number of hydrogen-bond donors (Lipinski definition) is 5. The number of carbonyl (C=O) groups excluding carboxylic acids is 1. The van der Waals surface area contributed by atoms with E-state index in [-0.39, 0.29) is 12.2 Å². The van der Waals surface area contributed by atoms with Gasteiger partial charge in [0, 0.05) is 18.6 Å². The molecule has 0 unspecified atom stereocenters. The Morgan fingerprint density at radius 3 is 2.17 bits per heavy atom. The predicted molar refractivity (Wildman–Crippen MR) is 78.6 cm³/mol. The first-order valence-corrected chi connectivity index (χ1v) is 7.81. The molecular formula is C14H13O8P. The summed E-state index contributed by atoms with van der Waals surface area (Å²) in [5.74, 6) is -2.49. The molecule has 2 aromatic rings. The average molecular weight is 340 g/mol. The van der Waals surface area contributed by atoms with Gasteiger partial charge in [-0.3, -0.25) is 14.6 Å². The highest BCUT2D eigenvalue weighted by Gasteiger charge is 2.25. The first-order valence-electron chi connectivity index (χ1n) is 6.28. The molecule has 0 amide bonds. The van der Waals surface area contributed by atoms with Gasteiger partial charge < -0.3 is 19.8 Å². The maximum atomic E-state index is 12.3. The van der Waals surface area contributed by atoms with E-state index < -0.39 is 36.4 Å². The highest BCUT2D eigenvalue weighted by Crippen LogP contribution is 2.43. The number of rotatable bonds is 5. The number of hydrogen-bond acceptors (Lipinski definition) is 6. The summed E-state index contributed by atoms with van der Waals surface area (Å²) in [6.07, 6.45) is -0.212. The van der Waals surface area contributed by atoms with Crippen molar-refractivity contribution in [1.82, 2.24) is 0 Å². The van der Waals surface area contributed by atoms with E-state index in [0.717, 1.165) is 12.1 Å². The third-order valence-electron chi connectivity index (χ3n) is 2.86. The molecule has 23 heavy (non-hydrogen) atoms. The standard InChI is InChI=1S/C14H13O8P/c15-9-3-1-8(2-4-9)5-11(17)14-12(18)6-10(16)7-13(14)22-23(19,20)21/h1-4,6-7,15-16,18H,5H2,(H2,19,20,21). The lowest BCUT2D eigenvalue weighted by Crippen LogP contribution is -2.07. The minimum atomic E-state index is -4.99. The molecule has 0 aliphatic heterocycles. The smallest absolute Gasteiger partial charge is 0.508 e. The van der Waals surface area contributed by atoms with Gasteiger partial charge in [0.2, 0.25) is 0 Å². The quantitative estimate of drug-likeness (QED) is 0.408. The van der Waals surface area contributed by atoms with Gasteiger partial charge in [-0.1, -0.05) is 12.1 Å². The van der Waals surface area contributed by atoms with Crippen molar-refractivity contribution in [3.05, 3.63) is 47.5 Å². The number of phenols is 3. The fraction of sp³-hybridized carbons (Fsp3) is 0.0714. The summed E-state index contributed by atoms with van der Waals surface area (Å²) in [6.45, 7) is 0. The van der Waals surface area contributed by atoms with Crippen LogP contribution in [0.25, 0.3) is 0 Å². The first-order chi connectivity index (χ1) is 10.7. The molecule has 0 fully saturated rings. The van der Waals surface area contributed by atoms with E-state index in [9.17, 15) is 24.7 Å². The Bertz CT molecular complexity index is 778. The van der Waals surface area contributed by atoms with Crippen LogP contribution in [0.4, 0.5) is 0 Å². The lowest BCUT2D eigenvalue weighted by Gasteiger charge is -2.13. The second-order valence-corrected chi connectivity index (χ2v) is 5.85. The van der Waals surface area contributed by atoms with Gasteiger partial charge in [0.15, 0.2) is 5.78 Å². The van der Waals surface area contributed by atoms with Gasteiger partial charge in [-0.25, -0.2) is 4.57 Å². The van der Waals surface area contributed by atoms with Crippen LogP contribution in [0, 0.1) is 0 Å². The molecule has 0 aromatic heterocycles. The van der Waals surface area contributed by atoms with Crippen molar-refractivity contribution >= 4 is 13.6 Å². The summed E-state index contributed by atoms with van der Waals surface area (Å²) in [6, 6.07) is 7.38.